The lowest BCUT2D eigenvalue weighted by Crippen LogP contribution is -2.44. The molecule has 3 atom stereocenters. The molecule has 0 radical (unpaired) electrons. The standard InChI is InChI=1S/C30H25N3O2/c1-3-35-24-15-12-22(13-16-24)27-28(29(34)23-10-8-20(2)9-11-23)33-25-7-5-4-6-21(25)14-17-26(33)30(27,18-31)19-32/h4-17,26-28H,3H2,1-2H3/t26-,27-,28+/m1/s1. The highest BCUT2D eigenvalue weighted by Gasteiger charge is 2.63. The summed E-state index contributed by atoms with van der Waals surface area (Å²) in [5.74, 6) is -0.0627. The summed E-state index contributed by atoms with van der Waals surface area (Å²) in [6, 6.07) is 26.1. The van der Waals surface area contributed by atoms with Gasteiger partial charge in [-0.3, -0.25) is 4.79 Å². The molecule has 35 heavy (non-hydrogen) atoms. The number of aryl methyl sites for hydroxylation is 1. The van der Waals surface area contributed by atoms with Crippen molar-refractivity contribution in [2.75, 3.05) is 11.5 Å². The van der Waals surface area contributed by atoms with Crippen molar-refractivity contribution in [3.05, 3.63) is 101 Å². The van der Waals surface area contributed by atoms with Crippen LogP contribution >= 0.6 is 0 Å². The maximum absolute atomic E-state index is 14.2. The van der Waals surface area contributed by atoms with Crippen molar-refractivity contribution in [3.63, 3.8) is 0 Å². The van der Waals surface area contributed by atoms with Crippen LogP contribution in [-0.4, -0.2) is 24.5 Å². The Balaban J connectivity index is 1.74. The van der Waals surface area contributed by atoms with Gasteiger partial charge in [0.2, 0.25) is 0 Å². The Labute approximate surface area is 205 Å². The van der Waals surface area contributed by atoms with Crippen LogP contribution < -0.4 is 9.64 Å². The fourth-order valence-electron chi connectivity index (χ4n) is 5.43. The Morgan fingerprint density at radius 1 is 1.00 bits per heavy atom. The Hall–Kier alpha value is -4.35. The van der Waals surface area contributed by atoms with Gasteiger partial charge in [0.05, 0.1) is 24.8 Å². The van der Waals surface area contributed by atoms with Gasteiger partial charge in [0.1, 0.15) is 11.8 Å². The van der Waals surface area contributed by atoms with E-state index < -0.39 is 23.4 Å². The molecule has 2 aliphatic heterocycles. The lowest BCUT2D eigenvalue weighted by molar-refractivity contribution is 0.0951. The zero-order valence-corrected chi connectivity index (χ0v) is 19.7. The smallest absolute Gasteiger partial charge is 0.185 e. The van der Waals surface area contributed by atoms with Crippen LogP contribution in [0.4, 0.5) is 5.69 Å². The molecule has 1 saturated heterocycles. The molecule has 0 bridgehead atoms. The molecule has 2 aliphatic rings. The van der Waals surface area contributed by atoms with Gasteiger partial charge < -0.3 is 9.64 Å². The van der Waals surface area contributed by atoms with Crippen LogP contribution in [0.5, 0.6) is 5.75 Å². The third kappa shape index (κ3) is 3.49. The summed E-state index contributed by atoms with van der Waals surface area (Å²) in [5, 5.41) is 21.0. The molecule has 0 amide bonds. The number of hydrogen-bond donors (Lipinski definition) is 0. The number of para-hydroxylation sites is 1. The first-order valence-corrected chi connectivity index (χ1v) is 11.8. The second-order valence-electron chi connectivity index (χ2n) is 9.02. The highest BCUT2D eigenvalue weighted by molar-refractivity contribution is 6.04. The van der Waals surface area contributed by atoms with Crippen LogP contribution in [0.2, 0.25) is 0 Å². The molecule has 0 aliphatic carbocycles. The first-order valence-electron chi connectivity index (χ1n) is 11.8. The van der Waals surface area contributed by atoms with Crippen LogP contribution in [-0.2, 0) is 0 Å². The molecule has 0 spiro atoms. The largest absolute Gasteiger partial charge is 0.494 e. The fraction of sp³-hybridized carbons (Fsp3) is 0.233. The van der Waals surface area contributed by atoms with Crippen molar-refractivity contribution in [1.29, 1.82) is 10.5 Å². The van der Waals surface area contributed by atoms with E-state index in [4.69, 9.17) is 4.74 Å². The molecule has 5 heteroatoms. The average molecular weight is 460 g/mol. The van der Waals surface area contributed by atoms with Gasteiger partial charge in [-0.1, -0.05) is 72.3 Å². The van der Waals surface area contributed by atoms with Gasteiger partial charge in [-0.25, -0.2) is 0 Å². The number of ether oxygens (including phenoxy) is 1. The van der Waals surface area contributed by atoms with E-state index in [9.17, 15) is 15.3 Å². The van der Waals surface area contributed by atoms with E-state index in [-0.39, 0.29) is 5.78 Å². The van der Waals surface area contributed by atoms with Crippen molar-refractivity contribution in [2.45, 2.75) is 31.8 Å². The molecule has 3 aromatic rings. The number of carbonyl (C=O) groups is 1. The fourth-order valence-corrected chi connectivity index (χ4v) is 5.43. The molecule has 0 unspecified atom stereocenters. The SMILES string of the molecule is CCOc1ccc([C@@H]2[C@@H](C(=O)c3ccc(C)cc3)N3c4ccccc4C=C[C@@H]3C2(C#N)C#N)cc1. The lowest BCUT2D eigenvalue weighted by atomic mass is 9.69. The third-order valence-electron chi connectivity index (χ3n) is 7.07. The van der Waals surface area contributed by atoms with E-state index in [0.29, 0.717) is 17.9 Å². The number of benzene rings is 3. The minimum absolute atomic E-state index is 0.105. The Bertz CT molecular complexity index is 1360. The van der Waals surface area contributed by atoms with Gasteiger partial charge in [-0.15, -0.1) is 0 Å². The Morgan fingerprint density at radius 3 is 2.34 bits per heavy atom. The number of anilines is 1. The number of Topliss-reactive ketones (excluding diaryl/α,β-unsaturated/α-hetero) is 1. The molecule has 172 valence electrons. The molecular weight excluding hydrogens is 434 g/mol. The van der Waals surface area contributed by atoms with Crippen molar-refractivity contribution < 1.29 is 9.53 Å². The molecular formula is C30H25N3O2. The van der Waals surface area contributed by atoms with Gasteiger partial charge in [0.15, 0.2) is 11.2 Å². The topological polar surface area (TPSA) is 77.1 Å². The minimum atomic E-state index is -1.46. The van der Waals surface area contributed by atoms with Crippen molar-refractivity contribution in [1.82, 2.24) is 0 Å². The van der Waals surface area contributed by atoms with Crippen LogP contribution in [0.3, 0.4) is 0 Å². The van der Waals surface area contributed by atoms with E-state index in [1.807, 2.05) is 104 Å². The van der Waals surface area contributed by atoms with Crippen LogP contribution in [0, 0.1) is 35.0 Å². The summed E-state index contributed by atoms with van der Waals surface area (Å²) >= 11 is 0. The molecule has 0 saturated carbocycles. The normalized spacial score (nSPS) is 21.4. The van der Waals surface area contributed by atoms with E-state index in [0.717, 1.165) is 22.4 Å². The maximum Gasteiger partial charge on any atom is 0.185 e. The van der Waals surface area contributed by atoms with E-state index in [2.05, 4.69) is 12.1 Å². The monoisotopic (exact) mass is 459 g/mol. The summed E-state index contributed by atoms with van der Waals surface area (Å²) in [7, 11) is 0. The van der Waals surface area contributed by atoms with Gasteiger partial charge in [0.25, 0.3) is 0 Å². The lowest BCUT2D eigenvalue weighted by Gasteiger charge is -2.35. The van der Waals surface area contributed by atoms with E-state index >= 15 is 0 Å². The molecule has 5 nitrogen and oxygen atoms in total. The second kappa shape index (κ2) is 8.78. The van der Waals surface area contributed by atoms with Crippen LogP contribution in [0.1, 0.15) is 39.9 Å². The zero-order valence-electron chi connectivity index (χ0n) is 19.7. The van der Waals surface area contributed by atoms with Crippen LogP contribution in [0.15, 0.2) is 78.9 Å². The molecule has 1 fully saturated rings. The Morgan fingerprint density at radius 2 is 1.69 bits per heavy atom. The second-order valence-corrected chi connectivity index (χ2v) is 9.02. The average Bonchev–Trinajstić information content (AvgIpc) is 3.20. The number of nitrogens with zero attached hydrogens (tertiary/aromatic N) is 3. The van der Waals surface area contributed by atoms with Gasteiger partial charge in [-0.05, 0) is 43.2 Å². The quantitative estimate of drug-likeness (QED) is 0.459. The van der Waals surface area contributed by atoms with Crippen molar-refractivity contribution in [3.8, 4) is 17.9 Å². The number of nitriles is 2. The van der Waals surface area contributed by atoms with E-state index in [1.54, 1.807) is 0 Å². The first-order chi connectivity index (χ1) is 17.0. The van der Waals surface area contributed by atoms with E-state index in [1.165, 1.54) is 0 Å². The molecule has 2 heterocycles. The predicted octanol–water partition coefficient (Wildman–Crippen LogP) is 5.68. The predicted molar refractivity (Wildman–Crippen MR) is 135 cm³/mol. The maximum atomic E-state index is 14.2. The summed E-state index contributed by atoms with van der Waals surface area (Å²) in [4.78, 5) is 16.2. The number of ketones is 1. The first kappa shape index (κ1) is 22.4. The van der Waals surface area contributed by atoms with Gasteiger partial charge in [-0.2, -0.15) is 10.5 Å². The van der Waals surface area contributed by atoms with Crippen LogP contribution in [0.25, 0.3) is 6.08 Å². The number of rotatable bonds is 5. The highest BCUT2D eigenvalue weighted by atomic mass is 16.5. The molecule has 0 aromatic heterocycles. The molecule has 5 rings (SSSR count). The Kier molecular flexibility index (Phi) is 5.63. The number of fused-ring (bicyclic) bond motifs is 3. The van der Waals surface area contributed by atoms with Crippen molar-refractivity contribution in [2.24, 2.45) is 5.41 Å². The van der Waals surface area contributed by atoms with Gasteiger partial charge >= 0.3 is 0 Å². The summed E-state index contributed by atoms with van der Waals surface area (Å²) in [6.45, 7) is 4.43. The molecule has 0 N–H and O–H groups in total. The summed E-state index contributed by atoms with van der Waals surface area (Å²) in [5.41, 5.74) is 2.75. The minimum Gasteiger partial charge on any atom is -0.494 e. The molecule has 3 aromatic carbocycles. The third-order valence-corrected chi connectivity index (χ3v) is 7.07. The summed E-state index contributed by atoms with van der Waals surface area (Å²) < 4.78 is 5.61. The van der Waals surface area contributed by atoms with Gasteiger partial charge in [0, 0.05) is 17.2 Å². The highest BCUT2D eigenvalue weighted by Crippen LogP contribution is 2.55. The summed E-state index contributed by atoms with van der Waals surface area (Å²) in [6.07, 6.45) is 3.85. The number of carbonyl (C=O) groups excluding carboxylic acids is 1. The number of hydrogen-bond acceptors (Lipinski definition) is 5. The van der Waals surface area contributed by atoms with Crippen molar-refractivity contribution >= 4 is 17.5 Å². The zero-order chi connectivity index (χ0) is 24.6.